The summed E-state index contributed by atoms with van der Waals surface area (Å²) in [5.74, 6) is -2.68. The third-order valence-corrected chi connectivity index (χ3v) is 2.88. The van der Waals surface area contributed by atoms with Crippen molar-refractivity contribution in [3.63, 3.8) is 0 Å². The number of amides is 1. The van der Waals surface area contributed by atoms with Crippen LogP contribution in [0.3, 0.4) is 0 Å². The SMILES string of the molecule is CC(NC(=O)c1ccc(OCC(F)(F)F)nc1)C(C)C(=O)O. The first-order valence-corrected chi connectivity index (χ1v) is 6.29. The molecule has 2 atom stereocenters. The molecule has 22 heavy (non-hydrogen) atoms. The van der Waals surface area contributed by atoms with Gasteiger partial charge >= 0.3 is 12.1 Å². The fourth-order valence-electron chi connectivity index (χ4n) is 1.38. The summed E-state index contributed by atoms with van der Waals surface area (Å²) in [6.45, 7) is 1.50. The first-order chi connectivity index (χ1) is 10.1. The Hall–Kier alpha value is -2.32. The van der Waals surface area contributed by atoms with E-state index in [1.54, 1.807) is 0 Å². The van der Waals surface area contributed by atoms with Crippen LogP contribution in [0, 0.1) is 5.92 Å². The average molecular weight is 320 g/mol. The lowest BCUT2D eigenvalue weighted by Crippen LogP contribution is -2.40. The van der Waals surface area contributed by atoms with Gasteiger partial charge in [-0.3, -0.25) is 9.59 Å². The number of carboxylic acids is 1. The molecule has 2 unspecified atom stereocenters. The van der Waals surface area contributed by atoms with Crippen molar-refractivity contribution in [1.82, 2.24) is 10.3 Å². The van der Waals surface area contributed by atoms with Gasteiger partial charge in [0, 0.05) is 18.3 Å². The highest BCUT2D eigenvalue weighted by molar-refractivity contribution is 5.94. The Kier molecular flexibility index (Phi) is 5.72. The minimum Gasteiger partial charge on any atom is -0.481 e. The Labute approximate surface area is 124 Å². The van der Waals surface area contributed by atoms with Crippen molar-refractivity contribution < 1.29 is 32.6 Å². The van der Waals surface area contributed by atoms with E-state index in [2.05, 4.69) is 15.0 Å². The molecule has 0 saturated carbocycles. The number of carbonyl (C=O) groups is 2. The van der Waals surface area contributed by atoms with E-state index in [0.717, 1.165) is 12.3 Å². The van der Waals surface area contributed by atoms with E-state index in [-0.39, 0.29) is 11.4 Å². The van der Waals surface area contributed by atoms with Gasteiger partial charge in [-0.05, 0) is 19.9 Å². The zero-order valence-corrected chi connectivity index (χ0v) is 11.8. The third kappa shape index (κ3) is 5.58. The fraction of sp³-hybridized carbons (Fsp3) is 0.462. The number of ether oxygens (including phenoxy) is 1. The number of hydrogen-bond acceptors (Lipinski definition) is 4. The molecule has 2 N–H and O–H groups in total. The Bertz CT molecular complexity index is 531. The number of nitrogens with zero attached hydrogens (tertiary/aromatic N) is 1. The number of hydrogen-bond donors (Lipinski definition) is 2. The molecule has 0 aliphatic rings. The van der Waals surface area contributed by atoms with Crippen LogP contribution >= 0.6 is 0 Å². The van der Waals surface area contributed by atoms with Gasteiger partial charge in [0.15, 0.2) is 6.61 Å². The van der Waals surface area contributed by atoms with E-state index in [9.17, 15) is 22.8 Å². The van der Waals surface area contributed by atoms with Gasteiger partial charge in [0.25, 0.3) is 5.91 Å². The van der Waals surface area contributed by atoms with Crippen molar-refractivity contribution in [2.75, 3.05) is 6.61 Å². The molecule has 122 valence electrons. The van der Waals surface area contributed by atoms with Gasteiger partial charge in [0.2, 0.25) is 5.88 Å². The number of carboxylic acid groups (broad SMARTS) is 1. The smallest absolute Gasteiger partial charge is 0.422 e. The molecule has 0 aliphatic heterocycles. The van der Waals surface area contributed by atoms with Crippen LogP contribution in [0.15, 0.2) is 18.3 Å². The van der Waals surface area contributed by atoms with E-state index in [0.29, 0.717) is 0 Å². The molecule has 1 rings (SSSR count). The molecular formula is C13H15F3N2O4. The van der Waals surface area contributed by atoms with E-state index in [4.69, 9.17) is 5.11 Å². The molecule has 0 spiro atoms. The van der Waals surface area contributed by atoms with E-state index in [1.807, 2.05) is 0 Å². The minimum absolute atomic E-state index is 0.0868. The summed E-state index contributed by atoms with van der Waals surface area (Å²) >= 11 is 0. The highest BCUT2D eigenvalue weighted by atomic mass is 19.4. The van der Waals surface area contributed by atoms with Crippen LogP contribution in [0.5, 0.6) is 5.88 Å². The molecule has 1 aromatic heterocycles. The maximum atomic E-state index is 12.0. The summed E-state index contributed by atoms with van der Waals surface area (Å²) in [5, 5.41) is 11.3. The summed E-state index contributed by atoms with van der Waals surface area (Å²) in [7, 11) is 0. The number of pyridine rings is 1. The molecule has 6 nitrogen and oxygen atoms in total. The van der Waals surface area contributed by atoms with Gasteiger partial charge in [-0.25, -0.2) is 4.98 Å². The maximum Gasteiger partial charge on any atom is 0.422 e. The molecule has 0 aliphatic carbocycles. The molecular weight excluding hydrogens is 305 g/mol. The molecule has 0 bridgehead atoms. The van der Waals surface area contributed by atoms with Crippen LogP contribution in [0.4, 0.5) is 13.2 Å². The van der Waals surface area contributed by atoms with E-state index in [1.165, 1.54) is 19.9 Å². The lowest BCUT2D eigenvalue weighted by atomic mass is 10.0. The Morgan fingerprint density at radius 1 is 1.36 bits per heavy atom. The lowest BCUT2D eigenvalue weighted by molar-refractivity contribution is -0.154. The zero-order valence-electron chi connectivity index (χ0n) is 11.8. The quantitative estimate of drug-likeness (QED) is 0.835. The second kappa shape index (κ2) is 7.10. The Morgan fingerprint density at radius 2 is 2.00 bits per heavy atom. The van der Waals surface area contributed by atoms with Crippen molar-refractivity contribution >= 4 is 11.9 Å². The molecule has 1 heterocycles. The maximum absolute atomic E-state index is 12.0. The topological polar surface area (TPSA) is 88.5 Å². The van der Waals surface area contributed by atoms with Crippen LogP contribution < -0.4 is 10.1 Å². The van der Waals surface area contributed by atoms with Gasteiger partial charge in [-0.15, -0.1) is 0 Å². The normalized spacial score (nSPS) is 14.0. The zero-order chi connectivity index (χ0) is 16.9. The number of halogens is 3. The summed E-state index contributed by atoms with van der Waals surface area (Å²) in [4.78, 5) is 26.2. The number of nitrogens with one attached hydrogen (secondary N) is 1. The van der Waals surface area contributed by atoms with Gasteiger partial charge in [-0.1, -0.05) is 0 Å². The van der Waals surface area contributed by atoms with Crippen molar-refractivity contribution in [3.05, 3.63) is 23.9 Å². The second-order valence-electron chi connectivity index (χ2n) is 4.68. The Balaban J connectivity index is 2.62. The van der Waals surface area contributed by atoms with Crippen molar-refractivity contribution in [2.24, 2.45) is 5.92 Å². The molecule has 0 saturated heterocycles. The highest BCUT2D eigenvalue weighted by Gasteiger charge is 2.28. The van der Waals surface area contributed by atoms with E-state index >= 15 is 0 Å². The van der Waals surface area contributed by atoms with Crippen molar-refractivity contribution in [3.8, 4) is 5.88 Å². The fourth-order valence-corrected chi connectivity index (χ4v) is 1.38. The molecule has 1 aromatic rings. The summed E-state index contributed by atoms with van der Waals surface area (Å²) in [5.41, 5.74) is 0.0868. The minimum atomic E-state index is -4.47. The first-order valence-electron chi connectivity index (χ1n) is 6.29. The number of aliphatic carboxylic acids is 1. The number of rotatable bonds is 6. The van der Waals surface area contributed by atoms with Gasteiger partial charge in [-0.2, -0.15) is 13.2 Å². The van der Waals surface area contributed by atoms with Gasteiger partial charge < -0.3 is 15.2 Å². The summed E-state index contributed by atoms with van der Waals surface area (Å²) < 4.78 is 40.3. The predicted octanol–water partition coefficient (Wildman–Crippen LogP) is 1.86. The molecule has 0 radical (unpaired) electrons. The van der Waals surface area contributed by atoms with Crippen LogP contribution in [0.25, 0.3) is 0 Å². The third-order valence-electron chi connectivity index (χ3n) is 2.88. The summed E-state index contributed by atoms with van der Waals surface area (Å²) in [6, 6.07) is 1.75. The molecule has 1 amide bonds. The van der Waals surface area contributed by atoms with Crippen molar-refractivity contribution in [1.29, 1.82) is 0 Å². The number of alkyl halides is 3. The molecule has 9 heteroatoms. The lowest BCUT2D eigenvalue weighted by Gasteiger charge is -2.17. The van der Waals surface area contributed by atoms with Crippen molar-refractivity contribution in [2.45, 2.75) is 26.1 Å². The first kappa shape index (κ1) is 17.7. The molecule has 0 fully saturated rings. The van der Waals surface area contributed by atoms with Crippen LogP contribution in [0.1, 0.15) is 24.2 Å². The number of aromatic nitrogens is 1. The van der Waals surface area contributed by atoms with Crippen LogP contribution in [-0.2, 0) is 4.79 Å². The predicted molar refractivity (Wildman–Crippen MR) is 69.5 cm³/mol. The average Bonchev–Trinajstić information content (AvgIpc) is 2.43. The van der Waals surface area contributed by atoms with Crippen LogP contribution in [0.2, 0.25) is 0 Å². The highest BCUT2D eigenvalue weighted by Crippen LogP contribution is 2.17. The second-order valence-corrected chi connectivity index (χ2v) is 4.68. The monoisotopic (exact) mass is 320 g/mol. The Morgan fingerprint density at radius 3 is 2.45 bits per heavy atom. The largest absolute Gasteiger partial charge is 0.481 e. The van der Waals surface area contributed by atoms with E-state index < -0.39 is 36.6 Å². The van der Waals surface area contributed by atoms with Gasteiger partial charge in [0.1, 0.15) is 0 Å². The van der Waals surface area contributed by atoms with Crippen LogP contribution in [-0.4, -0.2) is 40.8 Å². The standard InChI is InChI=1S/C13H15F3N2O4/c1-7(12(20)21)8(2)18-11(19)9-3-4-10(17-5-9)22-6-13(14,15)16/h3-5,7-8H,6H2,1-2H3,(H,18,19)(H,20,21). The van der Waals surface area contributed by atoms with Gasteiger partial charge in [0.05, 0.1) is 11.5 Å². The number of carbonyl (C=O) groups excluding carboxylic acids is 1. The summed E-state index contributed by atoms with van der Waals surface area (Å²) in [6.07, 6.45) is -3.42. The molecule has 0 aromatic carbocycles.